The van der Waals surface area contributed by atoms with E-state index in [9.17, 15) is 14.4 Å². The molecule has 0 spiro atoms. The Morgan fingerprint density at radius 3 is 2.86 bits per heavy atom. The second-order valence-corrected chi connectivity index (χ2v) is 8.30. The fourth-order valence-corrected chi connectivity index (χ4v) is 4.32. The van der Waals surface area contributed by atoms with Crippen molar-refractivity contribution in [3.63, 3.8) is 0 Å². The molecule has 2 heterocycles. The predicted molar refractivity (Wildman–Crippen MR) is 111 cm³/mol. The van der Waals surface area contributed by atoms with Gasteiger partial charge >= 0.3 is 11.6 Å². The molecule has 6 nitrogen and oxygen atoms in total. The van der Waals surface area contributed by atoms with E-state index in [0.29, 0.717) is 21.6 Å². The quantitative estimate of drug-likeness (QED) is 0.491. The Morgan fingerprint density at radius 1 is 1.24 bits per heavy atom. The summed E-state index contributed by atoms with van der Waals surface area (Å²) >= 11 is 7.50. The molecule has 0 unspecified atom stereocenters. The number of ether oxygens (including phenoxy) is 1. The standard InChI is InChI=1S/C21H16ClNO5S/c1-11-6-16-13(8-14(11)22)12(7-20(25)28-16)10-27-19(24)9-18-21(26)23-15-4-2-3-5-17(15)29-18/h2-8,18H,9-10H2,1H3,(H,23,26)/t18-/m1/s1. The average molecular weight is 430 g/mol. The molecule has 1 atom stereocenters. The monoisotopic (exact) mass is 429 g/mol. The third kappa shape index (κ3) is 4.16. The third-order valence-electron chi connectivity index (χ3n) is 4.56. The molecule has 148 valence electrons. The number of halogens is 1. The van der Waals surface area contributed by atoms with Crippen molar-refractivity contribution in [2.75, 3.05) is 5.32 Å². The molecular formula is C21H16ClNO5S. The molecule has 0 bridgehead atoms. The first-order valence-corrected chi connectivity index (χ1v) is 10.1. The van der Waals surface area contributed by atoms with Crippen LogP contribution in [0.5, 0.6) is 0 Å². The van der Waals surface area contributed by atoms with Gasteiger partial charge in [0.1, 0.15) is 12.2 Å². The highest BCUT2D eigenvalue weighted by molar-refractivity contribution is 8.01. The summed E-state index contributed by atoms with van der Waals surface area (Å²) < 4.78 is 10.5. The summed E-state index contributed by atoms with van der Waals surface area (Å²) in [5.74, 6) is -0.768. The number of rotatable bonds is 4. The first-order chi connectivity index (χ1) is 13.9. The zero-order valence-electron chi connectivity index (χ0n) is 15.4. The third-order valence-corrected chi connectivity index (χ3v) is 6.24. The normalized spacial score (nSPS) is 15.7. The minimum atomic E-state index is -0.577. The maximum Gasteiger partial charge on any atom is 0.336 e. The molecule has 0 saturated carbocycles. The van der Waals surface area contributed by atoms with Gasteiger partial charge in [-0.2, -0.15) is 0 Å². The topological polar surface area (TPSA) is 85.6 Å². The molecule has 29 heavy (non-hydrogen) atoms. The summed E-state index contributed by atoms with van der Waals surface area (Å²) in [6.07, 6.45) is -0.0793. The molecule has 2 aromatic carbocycles. The van der Waals surface area contributed by atoms with Crippen LogP contribution in [0.3, 0.4) is 0 Å². The number of aryl methyl sites for hydroxylation is 1. The van der Waals surface area contributed by atoms with E-state index in [2.05, 4.69) is 5.32 Å². The lowest BCUT2D eigenvalue weighted by Gasteiger charge is -2.23. The largest absolute Gasteiger partial charge is 0.461 e. The van der Waals surface area contributed by atoms with Gasteiger partial charge < -0.3 is 14.5 Å². The van der Waals surface area contributed by atoms with Crippen LogP contribution in [0.1, 0.15) is 17.5 Å². The number of fused-ring (bicyclic) bond motifs is 2. The Hall–Kier alpha value is -2.77. The molecule has 1 amide bonds. The first kappa shape index (κ1) is 19.5. The van der Waals surface area contributed by atoms with Gasteiger partial charge in [0.25, 0.3) is 0 Å². The number of carbonyl (C=O) groups excluding carboxylic acids is 2. The van der Waals surface area contributed by atoms with E-state index in [-0.39, 0.29) is 18.9 Å². The summed E-state index contributed by atoms with van der Waals surface area (Å²) in [6.45, 7) is 1.69. The molecule has 1 aliphatic rings. The lowest BCUT2D eigenvalue weighted by Crippen LogP contribution is -2.31. The van der Waals surface area contributed by atoms with Crippen molar-refractivity contribution in [2.45, 2.75) is 30.1 Å². The van der Waals surface area contributed by atoms with Crippen LogP contribution >= 0.6 is 23.4 Å². The molecule has 1 aliphatic heterocycles. The van der Waals surface area contributed by atoms with Gasteiger partial charge in [0.15, 0.2) is 0 Å². The second kappa shape index (κ2) is 7.93. The lowest BCUT2D eigenvalue weighted by molar-refractivity contribution is -0.145. The molecule has 0 saturated heterocycles. The van der Waals surface area contributed by atoms with E-state index in [0.717, 1.165) is 16.1 Å². The van der Waals surface area contributed by atoms with Crippen molar-refractivity contribution in [3.05, 3.63) is 69.0 Å². The fourth-order valence-electron chi connectivity index (χ4n) is 3.06. The summed E-state index contributed by atoms with van der Waals surface area (Å²) in [5, 5.41) is 3.34. The van der Waals surface area contributed by atoms with Crippen LogP contribution in [-0.4, -0.2) is 17.1 Å². The van der Waals surface area contributed by atoms with Gasteiger partial charge in [0.2, 0.25) is 5.91 Å². The maximum atomic E-state index is 12.3. The van der Waals surface area contributed by atoms with Gasteiger partial charge in [-0.1, -0.05) is 23.7 Å². The van der Waals surface area contributed by atoms with E-state index in [1.54, 1.807) is 19.1 Å². The van der Waals surface area contributed by atoms with Gasteiger partial charge in [0.05, 0.1) is 17.4 Å². The smallest absolute Gasteiger partial charge is 0.336 e. The van der Waals surface area contributed by atoms with E-state index in [1.165, 1.54) is 17.8 Å². The van der Waals surface area contributed by atoms with Crippen LogP contribution in [0.2, 0.25) is 5.02 Å². The van der Waals surface area contributed by atoms with Crippen LogP contribution < -0.4 is 10.9 Å². The van der Waals surface area contributed by atoms with Gasteiger partial charge in [0, 0.05) is 26.9 Å². The number of nitrogens with one attached hydrogen (secondary N) is 1. The summed E-state index contributed by atoms with van der Waals surface area (Å²) in [7, 11) is 0. The fraction of sp³-hybridized carbons (Fsp3) is 0.190. The molecule has 0 fully saturated rings. The predicted octanol–water partition coefficient (Wildman–Crippen LogP) is 4.30. The van der Waals surface area contributed by atoms with Gasteiger partial charge in [-0.3, -0.25) is 9.59 Å². The zero-order valence-corrected chi connectivity index (χ0v) is 16.9. The Labute approximate surface area is 175 Å². The van der Waals surface area contributed by atoms with Crippen molar-refractivity contribution in [1.29, 1.82) is 0 Å². The van der Waals surface area contributed by atoms with Gasteiger partial charge in [-0.15, -0.1) is 11.8 Å². The van der Waals surface area contributed by atoms with Crippen molar-refractivity contribution >= 4 is 51.9 Å². The van der Waals surface area contributed by atoms with E-state index in [4.69, 9.17) is 20.8 Å². The average Bonchev–Trinajstić information content (AvgIpc) is 2.68. The number of hydrogen-bond donors (Lipinski definition) is 1. The highest BCUT2D eigenvalue weighted by Gasteiger charge is 2.29. The summed E-state index contributed by atoms with van der Waals surface area (Å²) in [4.78, 5) is 37.3. The number of amides is 1. The second-order valence-electron chi connectivity index (χ2n) is 6.64. The minimum Gasteiger partial charge on any atom is -0.461 e. The number of thioether (sulfide) groups is 1. The van der Waals surface area contributed by atoms with Crippen molar-refractivity contribution in [2.24, 2.45) is 0 Å². The van der Waals surface area contributed by atoms with Crippen molar-refractivity contribution in [1.82, 2.24) is 0 Å². The van der Waals surface area contributed by atoms with E-state index < -0.39 is 16.8 Å². The van der Waals surface area contributed by atoms with E-state index >= 15 is 0 Å². The van der Waals surface area contributed by atoms with Crippen molar-refractivity contribution in [3.8, 4) is 0 Å². The Morgan fingerprint density at radius 2 is 2.03 bits per heavy atom. The molecule has 4 rings (SSSR count). The first-order valence-electron chi connectivity index (χ1n) is 8.86. The van der Waals surface area contributed by atoms with Gasteiger partial charge in [-0.25, -0.2) is 4.79 Å². The number of hydrogen-bond acceptors (Lipinski definition) is 6. The maximum absolute atomic E-state index is 12.3. The lowest BCUT2D eigenvalue weighted by atomic mass is 10.1. The van der Waals surface area contributed by atoms with Crippen molar-refractivity contribution < 1.29 is 18.7 Å². The van der Waals surface area contributed by atoms with Crippen LogP contribution in [-0.2, 0) is 20.9 Å². The van der Waals surface area contributed by atoms with Gasteiger partial charge in [-0.05, 0) is 36.8 Å². The number of para-hydroxylation sites is 1. The Bertz CT molecular complexity index is 1190. The molecule has 8 heteroatoms. The van der Waals surface area contributed by atoms with Crippen LogP contribution in [0.4, 0.5) is 5.69 Å². The SMILES string of the molecule is Cc1cc2oc(=O)cc(COC(=O)C[C@H]3Sc4ccccc4NC3=O)c2cc1Cl. The van der Waals surface area contributed by atoms with Crippen LogP contribution in [0.15, 0.2) is 56.6 Å². The summed E-state index contributed by atoms with van der Waals surface area (Å²) in [6, 6.07) is 12.0. The molecule has 3 aromatic rings. The highest BCUT2D eigenvalue weighted by Crippen LogP contribution is 2.36. The molecule has 0 aliphatic carbocycles. The minimum absolute atomic E-state index is 0.0793. The zero-order chi connectivity index (χ0) is 20.5. The van der Waals surface area contributed by atoms with E-state index in [1.807, 2.05) is 24.3 Å². The molecule has 1 aromatic heterocycles. The van der Waals surface area contributed by atoms with Crippen LogP contribution in [0, 0.1) is 6.92 Å². The molecule has 0 radical (unpaired) electrons. The number of carbonyl (C=O) groups is 2. The van der Waals surface area contributed by atoms with Crippen LogP contribution in [0.25, 0.3) is 11.0 Å². The molecular weight excluding hydrogens is 414 g/mol. The molecule has 1 N–H and O–H groups in total. The number of esters is 1. The highest BCUT2D eigenvalue weighted by atomic mass is 35.5. The summed E-state index contributed by atoms with van der Waals surface area (Å²) in [5.41, 5.74) is 1.85. The Kier molecular flexibility index (Phi) is 5.34. The number of anilines is 1. The number of benzene rings is 2. The Balaban J connectivity index is 1.47.